The van der Waals surface area contributed by atoms with Crippen molar-refractivity contribution < 1.29 is 24.1 Å². The van der Waals surface area contributed by atoms with E-state index in [0.29, 0.717) is 25.6 Å². The van der Waals surface area contributed by atoms with E-state index in [-0.39, 0.29) is 18.0 Å². The van der Waals surface area contributed by atoms with Gasteiger partial charge in [0.2, 0.25) is 0 Å². The van der Waals surface area contributed by atoms with Crippen LogP contribution >= 0.6 is 0 Å². The lowest BCUT2D eigenvalue weighted by Crippen LogP contribution is -2.19. The van der Waals surface area contributed by atoms with Crippen molar-refractivity contribution in [3.05, 3.63) is 23.8 Å². The second-order valence-electron chi connectivity index (χ2n) is 5.01. The molecule has 5 heteroatoms. The van der Waals surface area contributed by atoms with Crippen LogP contribution in [0.2, 0.25) is 0 Å². The minimum absolute atomic E-state index is 0.0719. The zero-order valence-corrected chi connectivity index (χ0v) is 13.3. The van der Waals surface area contributed by atoms with Gasteiger partial charge in [-0.15, -0.1) is 0 Å². The van der Waals surface area contributed by atoms with Crippen LogP contribution in [0, 0.1) is 0 Å². The van der Waals surface area contributed by atoms with Crippen molar-refractivity contribution in [2.75, 3.05) is 34.0 Å². The first kappa shape index (κ1) is 17.8. The molecule has 1 rings (SSSR count). The number of phenolic OH excluding ortho intramolecular Hbond substituents is 1. The molecule has 0 bridgehead atoms. The smallest absolute Gasteiger partial charge is 0.160 e. The molecular weight excluding hydrogens is 272 g/mol. The lowest BCUT2D eigenvalue weighted by Gasteiger charge is -2.15. The molecule has 0 saturated heterocycles. The Morgan fingerprint density at radius 1 is 1.10 bits per heavy atom. The Morgan fingerprint density at radius 3 is 2.52 bits per heavy atom. The lowest BCUT2D eigenvalue weighted by molar-refractivity contribution is -0.0209. The van der Waals surface area contributed by atoms with Crippen LogP contribution in [0.4, 0.5) is 0 Å². The molecule has 5 nitrogen and oxygen atoms in total. The SMILES string of the molecule is COc1cc(CC(C)OCCOCC(C)OC)ccc1O. The molecule has 1 N–H and O–H groups in total. The first-order valence-electron chi connectivity index (χ1n) is 7.14. The van der Waals surface area contributed by atoms with Gasteiger partial charge in [0.15, 0.2) is 11.5 Å². The first-order valence-corrected chi connectivity index (χ1v) is 7.14. The molecule has 0 aromatic heterocycles. The van der Waals surface area contributed by atoms with E-state index in [1.165, 1.54) is 7.11 Å². The topological polar surface area (TPSA) is 57.2 Å². The highest BCUT2D eigenvalue weighted by molar-refractivity contribution is 5.41. The van der Waals surface area contributed by atoms with Gasteiger partial charge < -0.3 is 24.1 Å². The van der Waals surface area contributed by atoms with Gasteiger partial charge in [-0.1, -0.05) is 6.07 Å². The van der Waals surface area contributed by atoms with Gasteiger partial charge in [0.25, 0.3) is 0 Å². The van der Waals surface area contributed by atoms with Crippen LogP contribution in [-0.4, -0.2) is 51.4 Å². The number of ether oxygens (including phenoxy) is 4. The van der Waals surface area contributed by atoms with Crippen molar-refractivity contribution in [1.29, 1.82) is 0 Å². The number of rotatable bonds is 10. The molecule has 21 heavy (non-hydrogen) atoms. The Kier molecular flexibility index (Phi) is 8.12. The fourth-order valence-electron chi connectivity index (χ4n) is 1.87. The van der Waals surface area contributed by atoms with E-state index < -0.39 is 0 Å². The predicted octanol–water partition coefficient (Wildman–Crippen LogP) is 2.40. The zero-order valence-electron chi connectivity index (χ0n) is 13.3. The van der Waals surface area contributed by atoms with E-state index >= 15 is 0 Å². The summed E-state index contributed by atoms with van der Waals surface area (Å²) in [6, 6.07) is 5.33. The van der Waals surface area contributed by atoms with Crippen molar-refractivity contribution in [3.8, 4) is 11.5 Å². The second kappa shape index (κ2) is 9.60. The Hall–Kier alpha value is -1.30. The standard InChI is InChI=1S/C16H26O5/c1-12(21-8-7-20-11-13(2)18-3)9-14-5-6-15(17)16(10-14)19-4/h5-6,10,12-13,17H,7-9,11H2,1-4H3. The maximum Gasteiger partial charge on any atom is 0.160 e. The van der Waals surface area contributed by atoms with Gasteiger partial charge in [0, 0.05) is 7.11 Å². The zero-order chi connectivity index (χ0) is 15.7. The molecule has 2 unspecified atom stereocenters. The normalized spacial score (nSPS) is 13.9. The maximum atomic E-state index is 9.55. The van der Waals surface area contributed by atoms with Crippen molar-refractivity contribution in [3.63, 3.8) is 0 Å². The molecule has 120 valence electrons. The molecule has 0 fully saturated rings. The van der Waals surface area contributed by atoms with Crippen LogP contribution in [0.15, 0.2) is 18.2 Å². The highest BCUT2D eigenvalue weighted by atomic mass is 16.5. The third kappa shape index (κ3) is 6.80. The highest BCUT2D eigenvalue weighted by Gasteiger charge is 2.08. The van der Waals surface area contributed by atoms with Gasteiger partial charge in [-0.2, -0.15) is 0 Å². The first-order chi connectivity index (χ1) is 10.1. The number of methoxy groups -OCH3 is 2. The Balaban J connectivity index is 2.26. The molecule has 2 atom stereocenters. The lowest BCUT2D eigenvalue weighted by atomic mass is 10.1. The fraction of sp³-hybridized carbons (Fsp3) is 0.625. The van der Waals surface area contributed by atoms with Crippen LogP contribution in [0.3, 0.4) is 0 Å². The Labute approximate surface area is 126 Å². The average Bonchev–Trinajstić information content (AvgIpc) is 2.48. The molecular formula is C16H26O5. The summed E-state index contributed by atoms with van der Waals surface area (Å²) in [4.78, 5) is 0. The molecule has 0 aliphatic carbocycles. The third-order valence-electron chi connectivity index (χ3n) is 3.15. The molecule has 0 aliphatic heterocycles. The van der Waals surface area contributed by atoms with Gasteiger partial charge in [-0.05, 0) is 38.0 Å². The number of hydrogen-bond donors (Lipinski definition) is 1. The monoisotopic (exact) mass is 298 g/mol. The van der Waals surface area contributed by atoms with Gasteiger partial charge in [-0.25, -0.2) is 0 Å². The summed E-state index contributed by atoms with van der Waals surface area (Å²) in [7, 11) is 3.20. The number of aromatic hydroxyl groups is 1. The van der Waals surface area contributed by atoms with Gasteiger partial charge >= 0.3 is 0 Å². The van der Waals surface area contributed by atoms with Crippen molar-refractivity contribution >= 4 is 0 Å². The highest BCUT2D eigenvalue weighted by Crippen LogP contribution is 2.26. The van der Waals surface area contributed by atoms with Crippen molar-refractivity contribution in [1.82, 2.24) is 0 Å². The quantitative estimate of drug-likeness (QED) is 0.672. The minimum Gasteiger partial charge on any atom is -0.504 e. The summed E-state index contributed by atoms with van der Waals surface area (Å²) in [5, 5.41) is 9.55. The minimum atomic E-state index is 0.0719. The van der Waals surface area contributed by atoms with E-state index in [0.717, 1.165) is 12.0 Å². The molecule has 0 aliphatic rings. The summed E-state index contributed by atoms with van der Waals surface area (Å²) in [5.74, 6) is 0.632. The maximum absolute atomic E-state index is 9.55. The van der Waals surface area contributed by atoms with E-state index in [2.05, 4.69) is 0 Å². The second-order valence-corrected chi connectivity index (χ2v) is 5.01. The van der Waals surface area contributed by atoms with Crippen LogP contribution in [0.25, 0.3) is 0 Å². The largest absolute Gasteiger partial charge is 0.504 e. The van der Waals surface area contributed by atoms with Crippen LogP contribution in [-0.2, 0) is 20.6 Å². The summed E-state index contributed by atoms with van der Waals surface area (Å²) in [5.41, 5.74) is 1.06. The molecule has 0 saturated carbocycles. The third-order valence-corrected chi connectivity index (χ3v) is 3.15. The van der Waals surface area contributed by atoms with E-state index in [9.17, 15) is 5.11 Å². The Morgan fingerprint density at radius 2 is 1.86 bits per heavy atom. The summed E-state index contributed by atoms with van der Waals surface area (Å²) < 4.78 is 21.3. The summed E-state index contributed by atoms with van der Waals surface area (Å²) >= 11 is 0. The number of hydrogen-bond acceptors (Lipinski definition) is 5. The van der Waals surface area contributed by atoms with Crippen molar-refractivity contribution in [2.45, 2.75) is 32.5 Å². The van der Waals surface area contributed by atoms with Crippen molar-refractivity contribution in [2.24, 2.45) is 0 Å². The molecule has 0 spiro atoms. The molecule has 1 aromatic rings. The summed E-state index contributed by atoms with van der Waals surface area (Å²) in [6.45, 7) is 5.64. The molecule has 0 radical (unpaired) electrons. The number of benzene rings is 1. The van der Waals surface area contributed by atoms with Crippen LogP contribution in [0.1, 0.15) is 19.4 Å². The van der Waals surface area contributed by atoms with Crippen LogP contribution in [0.5, 0.6) is 11.5 Å². The Bertz CT molecular complexity index is 408. The summed E-state index contributed by atoms with van der Waals surface area (Å²) in [6.07, 6.45) is 0.931. The van der Waals surface area contributed by atoms with E-state index in [1.807, 2.05) is 26.0 Å². The molecule has 0 heterocycles. The van der Waals surface area contributed by atoms with Crippen LogP contribution < -0.4 is 4.74 Å². The predicted molar refractivity (Wildman–Crippen MR) is 81.1 cm³/mol. The molecule has 1 aromatic carbocycles. The van der Waals surface area contributed by atoms with Gasteiger partial charge in [-0.3, -0.25) is 0 Å². The average molecular weight is 298 g/mol. The molecule has 0 amide bonds. The van der Waals surface area contributed by atoms with Gasteiger partial charge in [0.1, 0.15) is 0 Å². The fourth-order valence-corrected chi connectivity index (χ4v) is 1.87. The van der Waals surface area contributed by atoms with E-state index in [4.69, 9.17) is 18.9 Å². The van der Waals surface area contributed by atoms with E-state index in [1.54, 1.807) is 13.2 Å². The number of phenols is 1. The van der Waals surface area contributed by atoms with Gasteiger partial charge in [0.05, 0.1) is 39.1 Å².